The highest BCUT2D eigenvalue weighted by Crippen LogP contribution is 2.19. The van der Waals surface area contributed by atoms with Gasteiger partial charge in [-0.3, -0.25) is 9.78 Å². The zero-order valence-corrected chi connectivity index (χ0v) is 16.7. The van der Waals surface area contributed by atoms with Crippen LogP contribution in [0.15, 0.2) is 59.7 Å². The second kappa shape index (κ2) is 9.39. The van der Waals surface area contributed by atoms with Crippen molar-refractivity contribution in [2.24, 2.45) is 0 Å². The maximum absolute atomic E-state index is 12.1. The largest absolute Gasteiger partial charge is 0.309 e. The third kappa shape index (κ3) is 5.58. The van der Waals surface area contributed by atoms with Crippen molar-refractivity contribution >= 4 is 0 Å². The summed E-state index contributed by atoms with van der Waals surface area (Å²) in [5.41, 5.74) is 3.49. The van der Waals surface area contributed by atoms with Gasteiger partial charge in [-0.05, 0) is 58.3 Å². The lowest BCUT2D eigenvalue weighted by atomic mass is 10.1. The highest BCUT2D eigenvalue weighted by atomic mass is 16.1. The summed E-state index contributed by atoms with van der Waals surface area (Å²) in [6, 6.07) is 13.4. The fourth-order valence-electron chi connectivity index (χ4n) is 3.08. The van der Waals surface area contributed by atoms with Crippen molar-refractivity contribution in [2.75, 3.05) is 34.2 Å². The number of benzene rings is 1. The molecule has 0 radical (unpaired) electrons. The summed E-state index contributed by atoms with van der Waals surface area (Å²) >= 11 is 0. The fourth-order valence-corrected chi connectivity index (χ4v) is 3.08. The second-order valence-electron chi connectivity index (χ2n) is 7.31. The van der Waals surface area contributed by atoms with Gasteiger partial charge in [0.2, 0.25) is 0 Å². The number of pyridine rings is 1. The molecule has 0 aliphatic heterocycles. The van der Waals surface area contributed by atoms with Crippen molar-refractivity contribution < 1.29 is 0 Å². The Morgan fingerprint density at radius 1 is 0.929 bits per heavy atom. The molecule has 0 atom stereocenters. The number of H-pyrrole nitrogens is 1. The Balaban J connectivity index is 1.71. The van der Waals surface area contributed by atoms with Gasteiger partial charge in [-0.2, -0.15) is 0 Å². The van der Waals surface area contributed by atoms with Crippen LogP contribution in [0, 0.1) is 0 Å². The summed E-state index contributed by atoms with van der Waals surface area (Å²) in [7, 11) is 6.34. The molecule has 3 rings (SSSR count). The first-order valence-electron chi connectivity index (χ1n) is 9.45. The summed E-state index contributed by atoms with van der Waals surface area (Å²) in [6.07, 6.45) is 4.54. The van der Waals surface area contributed by atoms with Crippen LogP contribution in [0.4, 0.5) is 0 Å². The first kappa shape index (κ1) is 19.9. The van der Waals surface area contributed by atoms with Gasteiger partial charge in [-0.15, -0.1) is 0 Å². The lowest BCUT2D eigenvalue weighted by Crippen LogP contribution is -2.23. The van der Waals surface area contributed by atoms with Gasteiger partial charge in [0.1, 0.15) is 5.82 Å². The topological polar surface area (TPSA) is 65.1 Å². The summed E-state index contributed by atoms with van der Waals surface area (Å²) in [4.78, 5) is 28.1. The molecule has 28 heavy (non-hydrogen) atoms. The molecule has 0 unspecified atom stereocenters. The smallest absolute Gasteiger partial charge is 0.251 e. The number of hydrogen-bond donors (Lipinski definition) is 1. The number of aromatic nitrogens is 3. The van der Waals surface area contributed by atoms with Crippen molar-refractivity contribution in [1.82, 2.24) is 24.8 Å². The van der Waals surface area contributed by atoms with Crippen molar-refractivity contribution in [3.8, 4) is 22.6 Å². The average Bonchev–Trinajstić information content (AvgIpc) is 2.68. The molecule has 6 heteroatoms. The summed E-state index contributed by atoms with van der Waals surface area (Å²) in [5, 5.41) is 0. The number of rotatable bonds is 8. The Bertz CT molecular complexity index is 935. The van der Waals surface area contributed by atoms with Gasteiger partial charge in [0.25, 0.3) is 5.56 Å². The fraction of sp³-hybridized carbons (Fsp3) is 0.318. The molecule has 2 aromatic heterocycles. The van der Waals surface area contributed by atoms with Crippen molar-refractivity contribution in [3.63, 3.8) is 0 Å². The normalized spacial score (nSPS) is 11.3. The van der Waals surface area contributed by atoms with Crippen LogP contribution in [0.5, 0.6) is 0 Å². The summed E-state index contributed by atoms with van der Waals surface area (Å²) in [6.45, 7) is 3.05. The molecular weight excluding hydrogens is 350 g/mol. The highest BCUT2D eigenvalue weighted by Gasteiger charge is 2.07. The van der Waals surface area contributed by atoms with Gasteiger partial charge in [0, 0.05) is 36.1 Å². The third-order valence-corrected chi connectivity index (χ3v) is 4.54. The van der Waals surface area contributed by atoms with Gasteiger partial charge in [0.05, 0.1) is 5.69 Å². The maximum Gasteiger partial charge on any atom is 0.251 e. The van der Waals surface area contributed by atoms with Crippen LogP contribution in [0.2, 0.25) is 0 Å². The zero-order valence-electron chi connectivity index (χ0n) is 16.7. The first-order chi connectivity index (χ1) is 13.5. The Kier molecular flexibility index (Phi) is 6.68. The molecule has 0 fully saturated rings. The standard InChI is InChI=1S/C22H27N5O/c1-26(2)13-4-14-27(3)16-17-5-7-19(8-6-17)22-24-20(15-21(28)25-22)18-9-11-23-12-10-18/h5-12,15H,4,13-14,16H2,1-3H3,(H,24,25,28). The van der Waals surface area contributed by atoms with E-state index in [2.05, 4.69) is 58.0 Å². The van der Waals surface area contributed by atoms with Crippen LogP contribution in [-0.4, -0.2) is 59.0 Å². The third-order valence-electron chi connectivity index (χ3n) is 4.54. The van der Waals surface area contributed by atoms with E-state index >= 15 is 0 Å². The maximum atomic E-state index is 12.1. The minimum atomic E-state index is -0.165. The first-order valence-corrected chi connectivity index (χ1v) is 9.45. The van der Waals surface area contributed by atoms with Crippen LogP contribution in [-0.2, 0) is 6.54 Å². The Morgan fingerprint density at radius 3 is 2.32 bits per heavy atom. The molecule has 3 aromatic rings. The molecule has 2 heterocycles. The van der Waals surface area contributed by atoms with Gasteiger partial charge >= 0.3 is 0 Å². The van der Waals surface area contributed by atoms with E-state index in [9.17, 15) is 4.79 Å². The monoisotopic (exact) mass is 377 g/mol. The van der Waals surface area contributed by atoms with E-state index in [4.69, 9.17) is 0 Å². The quantitative estimate of drug-likeness (QED) is 0.654. The number of aromatic amines is 1. The van der Waals surface area contributed by atoms with Gasteiger partial charge in [-0.1, -0.05) is 24.3 Å². The van der Waals surface area contributed by atoms with E-state index in [-0.39, 0.29) is 5.56 Å². The average molecular weight is 377 g/mol. The van der Waals surface area contributed by atoms with E-state index in [0.29, 0.717) is 11.5 Å². The predicted octanol–water partition coefficient (Wildman–Crippen LogP) is 2.88. The molecule has 146 valence electrons. The van der Waals surface area contributed by atoms with Crippen molar-refractivity contribution in [1.29, 1.82) is 0 Å². The summed E-state index contributed by atoms with van der Waals surface area (Å²) in [5.74, 6) is 0.574. The minimum Gasteiger partial charge on any atom is -0.309 e. The number of nitrogens with one attached hydrogen (secondary N) is 1. The Hall–Kier alpha value is -2.83. The van der Waals surface area contributed by atoms with Crippen LogP contribution in [0.3, 0.4) is 0 Å². The Morgan fingerprint density at radius 2 is 1.64 bits per heavy atom. The van der Waals surface area contributed by atoms with Crippen LogP contribution >= 0.6 is 0 Å². The van der Waals surface area contributed by atoms with E-state index in [1.54, 1.807) is 12.4 Å². The molecule has 0 bridgehead atoms. The molecule has 0 amide bonds. The minimum absolute atomic E-state index is 0.165. The molecule has 0 aliphatic rings. The number of nitrogens with zero attached hydrogens (tertiary/aromatic N) is 4. The SMILES string of the molecule is CN(C)CCCN(C)Cc1ccc(-c2nc(-c3ccncc3)cc(=O)[nH]2)cc1. The lowest BCUT2D eigenvalue weighted by Gasteiger charge is -2.18. The molecule has 6 nitrogen and oxygen atoms in total. The molecule has 1 N–H and O–H groups in total. The van der Waals surface area contributed by atoms with Gasteiger partial charge in [-0.25, -0.2) is 4.98 Å². The van der Waals surface area contributed by atoms with E-state index < -0.39 is 0 Å². The zero-order chi connectivity index (χ0) is 19.9. The van der Waals surface area contributed by atoms with E-state index in [1.807, 2.05) is 24.3 Å². The summed E-state index contributed by atoms with van der Waals surface area (Å²) < 4.78 is 0. The van der Waals surface area contributed by atoms with Gasteiger partial charge < -0.3 is 14.8 Å². The Labute approximate surface area is 165 Å². The molecule has 0 saturated carbocycles. The van der Waals surface area contributed by atoms with Crippen LogP contribution < -0.4 is 5.56 Å². The van der Waals surface area contributed by atoms with Crippen molar-refractivity contribution in [2.45, 2.75) is 13.0 Å². The highest BCUT2D eigenvalue weighted by molar-refractivity contribution is 5.63. The molecule has 0 spiro atoms. The van der Waals surface area contributed by atoms with E-state index in [1.165, 1.54) is 11.6 Å². The molecule has 0 saturated heterocycles. The molecular formula is C22H27N5O. The second-order valence-corrected chi connectivity index (χ2v) is 7.31. The lowest BCUT2D eigenvalue weighted by molar-refractivity contribution is 0.294. The van der Waals surface area contributed by atoms with Gasteiger partial charge in [0.15, 0.2) is 0 Å². The predicted molar refractivity (Wildman–Crippen MR) is 113 cm³/mol. The van der Waals surface area contributed by atoms with Crippen LogP contribution in [0.25, 0.3) is 22.6 Å². The molecule has 0 aliphatic carbocycles. The number of hydrogen-bond acceptors (Lipinski definition) is 5. The van der Waals surface area contributed by atoms with Crippen molar-refractivity contribution in [3.05, 3.63) is 70.8 Å². The van der Waals surface area contributed by atoms with Crippen LogP contribution in [0.1, 0.15) is 12.0 Å². The molecule has 1 aromatic carbocycles. The van der Waals surface area contributed by atoms with E-state index in [0.717, 1.165) is 37.2 Å².